The van der Waals surface area contributed by atoms with Crippen LogP contribution in [0.2, 0.25) is 0 Å². The topological polar surface area (TPSA) is 58.5 Å². The van der Waals surface area contributed by atoms with Crippen molar-refractivity contribution in [1.29, 1.82) is 0 Å². The quantitative estimate of drug-likeness (QED) is 0.763. The lowest BCUT2D eigenvalue weighted by molar-refractivity contribution is 0.616. The Bertz CT molecular complexity index is 390. The molecule has 0 amide bonds. The third-order valence-corrected chi connectivity index (χ3v) is 2.29. The Morgan fingerprint density at radius 1 is 1.47 bits per heavy atom. The molecule has 0 spiro atoms. The van der Waals surface area contributed by atoms with Gasteiger partial charge < -0.3 is 14.9 Å². The Morgan fingerprint density at radius 3 is 3.13 bits per heavy atom. The Kier molecular flexibility index (Phi) is 3.14. The summed E-state index contributed by atoms with van der Waals surface area (Å²) in [5.41, 5.74) is 1.20. The number of aromatic amines is 1. The highest BCUT2D eigenvalue weighted by molar-refractivity contribution is 4.98. The summed E-state index contributed by atoms with van der Waals surface area (Å²) in [6, 6.07) is 0. The predicted molar refractivity (Wildman–Crippen MR) is 57.0 cm³/mol. The molecule has 0 aromatic carbocycles. The van der Waals surface area contributed by atoms with Gasteiger partial charge >= 0.3 is 0 Å². The number of aromatic nitrogens is 4. The molecule has 0 fully saturated rings. The molecule has 0 saturated heterocycles. The second-order valence-electron chi connectivity index (χ2n) is 3.31. The van der Waals surface area contributed by atoms with Gasteiger partial charge in [-0.15, -0.1) is 0 Å². The third kappa shape index (κ3) is 2.44. The first-order valence-corrected chi connectivity index (χ1v) is 5.08. The van der Waals surface area contributed by atoms with Crippen molar-refractivity contribution in [3.8, 4) is 0 Å². The van der Waals surface area contributed by atoms with E-state index in [0.717, 1.165) is 25.5 Å². The number of rotatable bonds is 5. The van der Waals surface area contributed by atoms with Crippen molar-refractivity contribution in [1.82, 2.24) is 24.8 Å². The number of nitrogens with one attached hydrogen (secondary N) is 2. The van der Waals surface area contributed by atoms with Crippen LogP contribution in [-0.4, -0.2) is 19.5 Å². The SMILES string of the molecule is CCn1cncc1CNCc1ncc[nH]1. The zero-order chi connectivity index (χ0) is 10.5. The minimum Gasteiger partial charge on any atom is -0.348 e. The lowest BCUT2D eigenvalue weighted by Gasteiger charge is -2.05. The summed E-state index contributed by atoms with van der Waals surface area (Å²) in [6.45, 7) is 4.63. The molecule has 5 heteroatoms. The van der Waals surface area contributed by atoms with Gasteiger partial charge in [0, 0.05) is 31.7 Å². The van der Waals surface area contributed by atoms with Gasteiger partial charge in [-0.3, -0.25) is 0 Å². The Labute approximate surface area is 88.6 Å². The fourth-order valence-electron chi connectivity index (χ4n) is 1.48. The van der Waals surface area contributed by atoms with Crippen molar-refractivity contribution in [2.75, 3.05) is 0 Å². The third-order valence-electron chi connectivity index (χ3n) is 2.29. The van der Waals surface area contributed by atoms with Gasteiger partial charge in [-0.05, 0) is 6.92 Å². The average molecular weight is 205 g/mol. The van der Waals surface area contributed by atoms with E-state index in [-0.39, 0.29) is 0 Å². The molecule has 0 saturated carbocycles. The van der Waals surface area contributed by atoms with Crippen molar-refractivity contribution in [2.24, 2.45) is 0 Å². The summed E-state index contributed by atoms with van der Waals surface area (Å²) in [5.74, 6) is 0.956. The average Bonchev–Trinajstić information content (AvgIpc) is 2.88. The normalized spacial score (nSPS) is 10.7. The molecule has 2 N–H and O–H groups in total. The largest absolute Gasteiger partial charge is 0.348 e. The van der Waals surface area contributed by atoms with Crippen LogP contribution in [0, 0.1) is 0 Å². The molecule has 0 aliphatic rings. The van der Waals surface area contributed by atoms with Gasteiger partial charge in [0.05, 0.1) is 18.6 Å². The van der Waals surface area contributed by atoms with Crippen molar-refractivity contribution in [2.45, 2.75) is 26.6 Å². The summed E-state index contributed by atoms with van der Waals surface area (Å²) in [7, 11) is 0. The molecule has 5 nitrogen and oxygen atoms in total. The fraction of sp³-hybridized carbons (Fsp3) is 0.400. The molecule has 2 aromatic rings. The van der Waals surface area contributed by atoms with Crippen LogP contribution in [-0.2, 0) is 19.6 Å². The minimum absolute atomic E-state index is 0.752. The number of hydrogen-bond donors (Lipinski definition) is 2. The van der Waals surface area contributed by atoms with Gasteiger partial charge in [-0.2, -0.15) is 0 Å². The van der Waals surface area contributed by atoms with Crippen LogP contribution in [0.3, 0.4) is 0 Å². The van der Waals surface area contributed by atoms with E-state index in [0.29, 0.717) is 0 Å². The molecule has 80 valence electrons. The highest BCUT2D eigenvalue weighted by atomic mass is 15.1. The van der Waals surface area contributed by atoms with Gasteiger partial charge in [0.25, 0.3) is 0 Å². The zero-order valence-electron chi connectivity index (χ0n) is 8.77. The summed E-state index contributed by atoms with van der Waals surface area (Å²) in [4.78, 5) is 11.3. The van der Waals surface area contributed by atoms with E-state index in [4.69, 9.17) is 0 Å². The van der Waals surface area contributed by atoms with Crippen LogP contribution in [0.4, 0.5) is 0 Å². The van der Waals surface area contributed by atoms with Crippen LogP contribution in [0.15, 0.2) is 24.9 Å². The molecule has 0 bridgehead atoms. The highest BCUT2D eigenvalue weighted by Crippen LogP contribution is 1.98. The summed E-state index contributed by atoms with van der Waals surface area (Å²) < 4.78 is 2.12. The smallest absolute Gasteiger partial charge is 0.120 e. The molecule has 2 heterocycles. The second kappa shape index (κ2) is 4.75. The van der Waals surface area contributed by atoms with Gasteiger partial charge in [0.1, 0.15) is 5.82 Å². The number of imidazole rings is 2. The number of H-pyrrole nitrogens is 1. The Balaban J connectivity index is 1.83. The van der Waals surface area contributed by atoms with E-state index < -0.39 is 0 Å². The molecule has 0 radical (unpaired) electrons. The van der Waals surface area contributed by atoms with Gasteiger partial charge in [0.2, 0.25) is 0 Å². The maximum atomic E-state index is 4.14. The summed E-state index contributed by atoms with van der Waals surface area (Å²) >= 11 is 0. The number of nitrogens with zero attached hydrogens (tertiary/aromatic N) is 3. The van der Waals surface area contributed by atoms with Crippen molar-refractivity contribution in [3.63, 3.8) is 0 Å². The molecule has 0 atom stereocenters. The lowest BCUT2D eigenvalue weighted by atomic mass is 10.4. The van der Waals surface area contributed by atoms with Crippen molar-refractivity contribution in [3.05, 3.63) is 36.4 Å². The Morgan fingerprint density at radius 2 is 2.40 bits per heavy atom. The van der Waals surface area contributed by atoms with Crippen LogP contribution >= 0.6 is 0 Å². The van der Waals surface area contributed by atoms with Gasteiger partial charge in [-0.1, -0.05) is 0 Å². The fourth-order valence-corrected chi connectivity index (χ4v) is 1.48. The highest BCUT2D eigenvalue weighted by Gasteiger charge is 2.00. The molecule has 0 aliphatic carbocycles. The van der Waals surface area contributed by atoms with Crippen LogP contribution in [0.25, 0.3) is 0 Å². The predicted octanol–water partition coefficient (Wildman–Crippen LogP) is 0.916. The van der Waals surface area contributed by atoms with Crippen molar-refractivity contribution >= 4 is 0 Å². The first-order valence-electron chi connectivity index (χ1n) is 5.08. The molecule has 15 heavy (non-hydrogen) atoms. The Hall–Kier alpha value is -1.62. The second-order valence-corrected chi connectivity index (χ2v) is 3.31. The van der Waals surface area contributed by atoms with E-state index >= 15 is 0 Å². The molecule has 0 unspecified atom stereocenters. The minimum atomic E-state index is 0.752. The summed E-state index contributed by atoms with van der Waals surface area (Å²) in [6.07, 6.45) is 7.32. The first-order chi connectivity index (χ1) is 7.40. The molecule has 0 aliphatic heterocycles. The number of aryl methyl sites for hydroxylation is 1. The van der Waals surface area contributed by atoms with E-state index in [1.54, 1.807) is 6.20 Å². The van der Waals surface area contributed by atoms with E-state index in [2.05, 4.69) is 31.8 Å². The van der Waals surface area contributed by atoms with Crippen LogP contribution in [0.1, 0.15) is 18.4 Å². The lowest BCUT2D eigenvalue weighted by Crippen LogP contribution is -2.16. The standard InChI is InChI=1S/C10H15N5/c1-2-15-8-12-6-9(15)5-11-7-10-13-3-4-14-10/h3-4,6,8,11H,2,5,7H2,1H3,(H,13,14). The van der Waals surface area contributed by atoms with Crippen LogP contribution < -0.4 is 5.32 Å². The van der Waals surface area contributed by atoms with Crippen molar-refractivity contribution < 1.29 is 0 Å². The van der Waals surface area contributed by atoms with Crippen LogP contribution in [0.5, 0.6) is 0 Å². The zero-order valence-corrected chi connectivity index (χ0v) is 8.77. The maximum Gasteiger partial charge on any atom is 0.120 e. The molecule has 2 aromatic heterocycles. The molecular formula is C10H15N5. The first kappa shape index (κ1) is 9.92. The molecular weight excluding hydrogens is 190 g/mol. The summed E-state index contributed by atoms with van der Waals surface area (Å²) in [5, 5.41) is 3.31. The number of hydrogen-bond acceptors (Lipinski definition) is 3. The monoisotopic (exact) mass is 205 g/mol. The van der Waals surface area contributed by atoms with E-state index in [1.807, 2.05) is 18.7 Å². The van der Waals surface area contributed by atoms with Gasteiger partial charge in [0.15, 0.2) is 0 Å². The maximum absolute atomic E-state index is 4.14. The molecule has 2 rings (SSSR count). The van der Waals surface area contributed by atoms with E-state index in [1.165, 1.54) is 5.69 Å². The van der Waals surface area contributed by atoms with Gasteiger partial charge in [-0.25, -0.2) is 9.97 Å². The van der Waals surface area contributed by atoms with E-state index in [9.17, 15) is 0 Å².